The largest absolute Gasteiger partial charge is 0.494 e. The SMILES string of the molecule is CCCOc1ccc(/C=C(\C(=O)O)c2cccc(OCC)c2)cc1. The molecule has 4 nitrogen and oxygen atoms in total. The third kappa shape index (κ3) is 4.88. The summed E-state index contributed by atoms with van der Waals surface area (Å²) in [6, 6.07) is 14.5. The zero-order valence-corrected chi connectivity index (χ0v) is 14.0. The molecule has 0 fully saturated rings. The molecule has 0 saturated heterocycles. The second-order valence-electron chi connectivity index (χ2n) is 5.24. The van der Waals surface area contributed by atoms with E-state index in [0.717, 1.165) is 17.7 Å². The average molecular weight is 326 g/mol. The number of carboxylic acids is 1. The molecule has 0 atom stereocenters. The van der Waals surface area contributed by atoms with Crippen molar-refractivity contribution in [3.63, 3.8) is 0 Å². The predicted octanol–water partition coefficient (Wildman–Crippen LogP) is 4.50. The van der Waals surface area contributed by atoms with E-state index >= 15 is 0 Å². The molecule has 0 unspecified atom stereocenters. The molecule has 2 aromatic rings. The lowest BCUT2D eigenvalue weighted by atomic mass is 10.0. The summed E-state index contributed by atoms with van der Waals surface area (Å²) in [5, 5.41) is 9.55. The summed E-state index contributed by atoms with van der Waals surface area (Å²) in [6.45, 7) is 5.14. The van der Waals surface area contributed by atoms with E-state index in [-0.39, 0.29) is 5.57 Å². The molecule has 0 heterocycles. The molecule has 126 valence electrons. The number of carbonyl (C=O) groups is 1. The molecule has 2 rings (SSSR count). The zero-order chi connectivity index (χ0) is 17.4. The minimum atomic E-state index is -0.977. The fraction of sp³-hybridized carbons (Fsp3) is 0.250. The normalized spacial score (nSPS) is 11.2. The molecular formula is C20H22O4. The van der Waals surface area contributed by atoms with Crippen LogP contribution < -0.4 is 9.47 Å². The van der Waals surface area contributed by atoms with Gasteiger partial charge in [0, 0.05) is 0 Å². The van der Waals surface area contributed by atoms with Crippen LogP contribution in [0.15, 0.2) is 48.5 Å². The van der Waals surface area contributed by atoms with Gasteiger partial charge in [-0.05, 0) is 54.8 Å². The van der Waals surface area contributed by atoms with Crippen molar-refractivity contribution in [3.05, 3.63) is 59.7 Å². The van der Waals surface area contributed by atoms with Crippen molar-refractivity contribution < 1.29 is 19.4 Å². The maximum absolute atomic E-state index is 11.6. The molecule has 0 aliphatic heterocycles. The first-order chi connectivity index (χ1) is 11.6. The van der Waals surface area contributed by atoms with E-state index in [2.05, 4.69) is 0 Å². The molecule has 0 aliphatic rings. The van der Waals surface area contributed by atoms with Crippen molar-refractivity contribution in [1.82, 2.24) is 0 Å². The lowest BCUT2D eigenvalue weighted by Gasteiger charge is -2.08. The summed E-state index contributed by atoms with van der Waals surface area (Å²) in [5.41, 5.74) is 1.64. The van der Waals surface area contributed by atoms with Crippen LogP contribution in [0.3, 0.4) is 0 Å². The number of benzene rings is 2. The fourth-order valence-corrected chi connectivity index (χ4v) is 2.24. The second-order valence-corrected chi connectivity index (χ2v) is 5.24. The van der Waals surface area contributed by atoms with Crippen LogP contribution in [0.25, 0.3) is 11.6 Å². The summed E-state index contributed by atoms with van der Waals surface area (Å²) in [5.74, 6) is 0.463. The zero-order valence-electron chi connectivity index (χ0n) is 14.0. The lowest BCUT2D eigenvalue weighted by Crippen LogP contribution is -2.00. The van der Waals surface area contributed by atoms with E-state index in [4.69, 9.17) is 9.47 Å². The summed E-state index contributed by atoms with van der Waals surface area (Å²) in [6.07, 6.45) is 2.60. The third-order valence-electron chi connectivity index (χ3n) is 3.35. The molecule has 0 saturated carbocycles. The molecule has 4 heteroatoms. The maximum Gasteiger partial charge on any atom is 0.336 e. The Morgan fingerprint density at radius 3 is 2.42 bits per heavy atom. The standard InChI is InChI=1S/C20H22O4/c1-3-12-24-17-10-8-15(9-11-17)13-19(20(21)22)16-6-5-7-18(14-16)23-4-2/h5-11,13-14H,3-4,12H2,1-2H3,(H,21,22)/b19-13-. The number of aliphatic carboxylic acids is 1. The van der Waals surface area contributed by atoms with Crippen molar-refractivity contribution in [2.45, 2.75) is 20.3 Å². The van der Waals surface area contributed by atoms with Gasteiger partial charge in [-0.3, -0.25) is 0 Å². The fourth-order valence-electron chi connectivity index (χ4n) is 2.24. The van der Waals surface area contributed by atoms with Gasteiger partial charge < -0.3 is 14.6 Å². The van der Waals surface area contributed by atoms with Crippen LogP contribution in [-0.4, -0.2) is 24.3 Å². The Morgan fingerprint density at radius 1 is 1.04 bits per heavy atom. The highest BCUT2D eigenvalue weighted by Gasteiger charge is 2.11. The Balaban J connectivity index is 2.28. The second kappa shape index (κ2) is 8.77. The molecule has 0 aliphatic carbocycles. The summed E-state index contributed by atoms with van der Waals surface area (Å²) < 4.78 is 11.0. The van der Waals surface area contributed by atoms with Crippen molar-refractivity contribution in [1.29, 1.82) is 0 Å². The molecule has 0 bridgehead atoms. The van der Waals surface area contributed by atoms with E-state index in [1.165, 1.54) is 0 Å². The van der Waals surface area contributed by atoms with Crippen LogP contribution in [0.1, 0.15) is 31.4 Å². The van der Waals surface area contributed by atoms with Crippen LogP contribution in [0.4, 0.5) is 0 Å². The highest BCUT2D eigenvalue weighted by Crippen LogP contribution is 2.24. The van der Waals surface area contributed by atoms with Crippen LogP contribution in [0.2, 0.25) is 0 Å². The highest BCUT2D eigenvalue weighted by atomic mass is 16.5. The number of carboxylic acid groups (broad SMARTS) is 1. The quantitative estimate of drug-likeness (QED) is 0.573. The van der Waals surface area contributed by atoms with E-state index < -0.39 is 5.97 Å². The number of hydrogen-bond donors (Lipinski definition) is 1. The van der Waals surface area contributed by atoms with Gasteiger partial charge in [0.15, 0.2) is 0 Å². The van der Waals surface area contributed by atoms with Crippen LogP contribution >= 0.6 is 0 Å². The number of hydrogen-bond acceptors (Lipinski definition) is 3. The molecule has 0 radical (unpaired) electrons. The average Bonchev–Trinajstić information content (AvgIpc) is 2.59. The van der Waals surface area contributed by atoms with Gasteiger partial charge in [0.05, 0.1) is 18.8 Å². The van der Waals surface area contributed by atoms with Gasteiger partial charge in [0.2, 0.25) is 0 Å². The van der Waals surface area contributed by atoms with Gasteiger partial charge in [-0.1, -0.05) is 31.2 Å². The molecule has 0 spiro atoms. The minimum absolute atomic E-state index is 0.221. The van der Waals surface area contributed by atoms with Gasteiger partial charge in [-0.2, -0.15) is 0 Å². The van der Waals surface area contributed by atoms with Gasteiger partial charge >= 0.3 is 5.97 Å². The third-order valence-corrected chi connectivity index (χ3v) is 3.35. The molecule has 0 aromatic heterocycles. The predicted molar refractivity (Wildman–Crippen MR) is 95.3 cm³/mol. The van der Waals surface area contributed by atoms with Gasteiger partial charge in [-0.15, -0.1) is 0 Å². The molecule has 1 N–H and O–H groups in total. The summed E-state index contributed by atoms with van der Waals surface area (Å²) >= 11 is 0. The lowest BCUT2D eigenvalue weighted by molar-refractivity contribution is -0.130. The Hall–Kier alpha value is -2.75. The first-order valence-electron chi connectivity index (χ1n) is 8.05. The molecule has 24 heavy (non-hydrogen) atoms. The summed E-state index contributed by atoms with van der Waals surface area (Å²) in [7, 11) is 0. The maximum atomic E-state index is 11.6. The van der Waals surface area contributed by atoms with Gasteiger partial charge in [-0.25, -0.2) is 4.79 Å². The smallest absolute Gasteiger partial charge is 0.336 e. The van der Waals surface area contributed by atoms with E-state index in [0.29, 0.717) is 24.5 Å². The molecule has 2 aromatic carbocycles. The van der Waals surface area contributed by atoms with E-state index in [9.17, 15) is 9.90 Å². The Morgan fingerprint density at radius 2 is 1.79 bits per heavy atom. The minimum Gasteiger partial charge on any atom is -0.494 e. The first kappa shape index (κ1) is 17.6. The Kier molecular flexibility index (Phi) is 6.43. The molecular weight excluding hydrogens is 304 g/mol. The Labute approximate surface area is 142 Å². The molecule has 0 amide bonds. The first-order valence-corrected chi connectivity index (χ1v) is 8.05. The van der Waals surface area contributed by atoms with Gasteiger partial charge in [0.25, 0.3) is 0 Å². The van der Waals surface area contributed by atoms with Crippen LogP contribution in [-0.2, 0) is 4.79 Å². The van der Waals surface area contributed by atoms with Gasteiger partial charge in [0.1, 0.15) is 11.5 Å². The number of ether oxygens (including phenoxy) is 2. The van der Waals surface area contributed by atoms with E-state index in [1.54, 1.807) is 24.3 Å². The number of rotatable bonds is 8. The van der Waals surface area contributed by atoms with Crippen molar-refractivity contribution >= 4 is 17.6 Å². The van der Waals surface area contributed by atoms with Crippen LogP contribution in [0.5, 0.6) is 11.5 Å². The summed E-state index contributed by atoms with van der Waals surface area (Å²) in [4.78, 5) is 11.6. The van der Waals surface area contributed by atoms with Crippen molar-refractivity contribution in [2.75, 3.05) is 13.2 Å². The van der Waals surface area contributed by atoms with Crippen molar-refractivity contribution in [3.8, 4) is 11.5 Å². The monoisotopic (exact) mass is 326 g/mol. The van der Waals surface area contributed by atoms with E-state index in [1.807, 2.05) is 44.2 Å². The topological polar surface area (TPSA) is 55.8 Å². The highest BCUT2D eigenvalue weighted by molar-refractivity contribution is 6.20. The Bertz CT molecular complexity index is 702. The van der Waals surface area contributed by atoms with Crippen LogP contribution in [0, 0.1) is 0 Å². The van der Waals surface area contributed by atoms with Crippen molar-refractivity contribution in [2.24, 2.45) is 0 Å².